The highest BCUT2D eigenvalue weighted by molar-refractivity contribution is 5.72. The van der Waals surface area contributed by atoms with E-state index in [0.717, 1.165) is 25.8 Å². The fraction of sp³-hybridized carbons (Fsp3) is 0.875. The van der Waals surface area contributed by atoms with Gasteiger partial charge in [0.15, 0.2) is 0 Å². The maximum absolute atomic E-state index is 10.3. The molecule has 0 unspecified atom stereocenters. The molecule has 6 heteroatoms. The van der Waals surface area contributed by atoms with Crippen LogP contribution in [0, 0.1) is 0 Å². The molecule has 8 N–H and O–H groups in total. The quantitative estimate of drug-likeness (QED) is 0.248. The zero-order chi connectivity index (χ0) is 11.0. The maximum atomic E-state index is 10.3. The van der Waals surface area contributed by atoms with Gasteiger partial charge in [0.25, 0.3) is 0 Å². The number of hydrogen-bond acceptors (Lipinski definition) is 5. The average molecular weight is 204 g/mol. The smallest absolute Gasteiger partial charge is 0.320 e. The molecule has 0 heterocycles. The predicted octanol–water partition coefficient (Wildman–Crippen LogP) is -1.25. The molecule has 0 aromatic carbocycles. The van der Waals surface area contributed by atoms with E-state index < -0.39 is 18.3 Å². The van der Waals surface area contributed by atoms with E-state index in [-0.39, 0.29) is 0 Å². The molecular formula is C8H20N4O2. The Morgan fingerprint density at radius 3 is 2.36 bits per heavy atom. The molecule has 14 heavy (non-hydrogen) atoms. The Morgan fingerprint density at radius 1 is 1.21 bits per heavy atom. The number of carboxylic acids is 1. The number of carboxylic acid groups (broad SMARTS) is 1. The lowest BCUT2D eigenvalue weighted by atomic mass is 10.1. The van der Waals surface area contributed by atoms with Crippen LogP contribution in [0.25, 0.3) is 0 Å². The highest BCUT2D eigenvalue weighted by Gasteiger charge is 2.09. The standard InChI is InChI=1S/C8H20N4O2/c9-6(7(13)14)4-2-1-3-5-12-8(10)11/h6,8,12H,1-5,9-11H2,(H,13,14)/t6-/m1/s1. The minimum absolute atomic E-state index is 0.476. The summed E-state index contributed by atoms with van der Waals surface area (Å²) < 4.78 is 0. The Labute approximate surface area is 83.8 Å². The van der Waals surface area contributed by atoms with Crippen molar-refractivity contribution in [2.75, 3.05) is 6.54 Å². The molecule has 0 aromatic heterocycles. The first-order chi connectivity index (χ1) is 6.54. The fourth-order valence-electron chi connectivity index (χ4n) is 1.06. The molecule has 0 spiro atoms. The zero-order valence-corrected chi connectivity index (χ0v) is 8.28. The summed E-state index contributed by atoms with van der Waals surface area (Å²) in [6, 6.07) is -0.736. The molecule has 0 amide bonds. The molecule has 0 aliphatic heterocycles. The molecule has 0 fully saturated rings. The number of hydrogen-bond donors (Lipinski definition) is 5. The van der Waals surface area contributed by atoms with Crippen LogP contribution in [0.2, 0.25) is 0 Å². The van der Waals surface area contributed by atoms with E-state index in [4.69, 9.17) is 22.3 Å². The van der Waals surface area contributed by atoms with E-state index in [1.54, 1.807) is 0 Å². The van der Waals surface area contributed by atoms with Gasteiger partial charge in [-0.3, -0.25) is 10.1 Å². The third-order valence-corrected chi connectivity index (χ3v) is 1.89. The second-order valence-corrected chi connectivity index (χ2v) is 3.27. The minimum atomic E-state index is -0.938. The van der Waals surface area contributed by atoms with Gasteiger partial charge in [-0.25, -0.2) is 0 Å². The van der Waals surface area contributed by atoms with Crippen LogP contribution >= 0.6 is 0 Å². The minimum Gasteiger partial charge on any atom is -0.480 e. The van der Waals surface area contributed by atoms with Crippen molar-refractivity contribution in [1.29, 1.82) is 0 Å². The molecule has 0 aromatic rings. The molecule has 6 nitrogen and oxygen atoms in total. The van der Waals surface area contributed by atoms with Crippen LogP contribution in [0.3, 0.4) is 0 Å². The molecular weight excluding hydrogens is 184 g/mol. The predicted molar refractivity (Wildman–Crippen MR) is 54.2 cm³/mol. The molecule has 0 aliphatic carbocycles. The fourth-order valence-corrected chi connectivity index (χ4v) is 1.06. The molecule has 0 rings (SSSR count). The Morgan fingerprint density at radius 2 is 1.86 bits per heavy atom. The molecule has 0 saturated carbocycles. The Kier molecular flexibility index (Phi) is 7.31. The van der Waals surface area contributed by atoms with Gasteiger partial charge in [0.2, 0.25) is 0 Å². The zero-order valence-electron chi connectivity index (χ0n) is 8.28. The largest absolute Gasteiger partial charge is 0.480 e. The van der Waals surface area contributed by atoms with E-state index in [9.17, 15) is 4.79 Å². The lowest BCUT2D eigenvalue weighted by molar-refractivity contribution is -0.138. The highest BCUT2D eigenvalue weighted by atomic mass is 16.4. The van der Waals surface area contributed by atoms with E-state index in [0.29, 0.717) is 6.42 Å². The summed E-state index contributed by atoms with van der Waals surface area (Å²) >= 11 is 0. The maximum Gasteiger partial charge on any atom is 0.320 e. The highest BCUT2D eigenvalue weighted by Crippen LogP contribution is 2.01. The SMILES string of the molecule is NC(N)NCCCCC[C@@H](N)C(=O)O. The van der Waals surface area contributed by atoms with Gasteiger partial charge in [-0.1, -0.05) is 12.8 Å². The Balaban J connectivity index is 3.17. The molecule has 1 atom stereocenters. The summed E-state index contributed by atoms with van der Waals surface area (Å²) in [4.78, 5) is 10.3. The van der Waals surface area contributed by atoms with Crippen molar-refractivity contribution in [2.45, 2.75) is 38.0 Å². The lowest BCUT2D eigenvalue weighted by Crippen LogP contribution is -2.45. The topological polar surface area (TPSA) is 127 Å². The van der Waals surface area contributed by atoms with Gasteiger partial charge in [-0.15, -0.1) is 0 Å². The number of aliphatic carboxylic acids is 1. The Hall–Kier alpha value is -0.690. The van der Waals surface area contributed by atoms with Gasteiger partial charge in [-0.2, -0.15) is 0 Å². The van der Waals surface area contributed by atoms with E-state index in [1.165, 1.54) is 0 Å². The number of rotatable bonds is 8. The molecule has 0 saturated heterocycles. The first-order valence-corrected chi connectivity index (χ1v) is 4.77. The van der Waals surface area contributed by atoms with Crippen LogP contribution < -0.4 is 22.5 Å². The monoisotopic (exact) mass is 204 g/mol. The van der Waals surface area contributed by atoms with Crippen LogP contribution in [-0.4, -0.2) is 30.0 Å². The van der Waals surface area contributed by atoms with Crippen LogP contribution in [0.5, 0.6) is 0 Å². The second-order valence-electron chi connectivity index (χ2n) is 3.27. The third kappa shape index (κ3) is 7.93. The van der Waals surface area contributed by atoms with Crippen molar-refractivity contribution < 1.29 is 9.90 Å². The van der Waals surface area contributed by atoms with Crippen molar-refractivity contribution in [3.63, 3.8) is 0 Å². The molecule has 0 radical (unpaired) electrons. The van der Waals surface area contributed by atoms with Gasteiger partial charge in [0, 0.05) is 0 Å². The van der Waals surface area contributed by atoms with Crippen molar-refractivity contribution in [3.05, 3.63) is 0 Å². The summed E-state index contributed by atoms with van der Waals surface area (Å²) in [5.41, 5.74) is 15.9. The van der Waals surface area contributed by atoms with E-state index in [2.05, 4.69) is 5.32 Å². The number of nitrogens with two attached hydrogens (primary N) is 3. The van der Waals surface area contributed by atoms with Gasteiger partial charge in [0.1, 0.15) is 12.3 Å². The summed E-state index contributed by atoms with van der Waals surface area (Å²) in [6.45, 7) is 0.750. The first kappa shape index (κ1) is 13.3. The summed E-state index contributed by atoms with van der Waals surface area (Å²) in [6.07, 6.45) is 2.72. The molecule has 84 valence electrons. The van der Waals surface area contributed by atoms with Crippen LogP contribution in [-0.2, 0) is 4.79 Å². The average Bonchev–Trinajstić information content (AvgIpc) is 2.09. The normalized spacial score (nSPS) is 13.1. The number of carbonyl (C=O) groups is 1. The van der Waals surface area contributed by atoms with E-state index in [1.807, 2.05) is 0 Å². The van der Waals surface area contributed by atoms with Crippen molar-refractivity contribution in [1.82, 2.24) is 5.32 Å². The first-order valence-electron chi connectivity index (χ1n) is 4.77. The van der Waals surface area contributed by atoms with Gasteiger partial charge in [-0.05, 0) is 19.4 Å². The number of nitrogens with one attached hydrogen (secondary N) is 1. The lowest BCUT2D eigenvalue weighted by Gasteiger charge is -2.08. The summed E-state index contributed by atoms with van der Waals surface area (Å²) in [7, 11) is 0. The van der Waals surface area contributed by atoms with Crippen molar-refractivity contribution in [2.24, 2.45) is 17.2 Å². The summed E-state index contributed by atoms with van der Waals surface area (Å²) in [5, 5.41) is 11.4. The van der Waals surface area contributed by atoms with Crippen LogP contribution in [0.4, 0.5) is 0 Å². The van der Waals surface area contributed by atoms with Crippen LogP contribution in [0.15, 0.2) is 0 Å². The van der Waals surface area contributed by atoms with Gasteiger partial charge in [0.05, 0.1) is 0 Å². The number of unbranched alkanes of at least 4 members (excludes halogenated alkanes) is 2. The van der Waals surface area contributed by atoms with Crippen molar-refractivity contribution in [3.8, 4) is 0 Å². The Bertz CT molecular complexity index is 163. The summed E-state index contributed by atoms with van der Waals surface area (Å²) in [5.74, 6) is -0.938. The van der Waals surface area contributed by atoms with Crippen LogP contribution in [0.1, 0.15) is 25.7 Å². The van der Waals surface area contributed by atoms with Gasteiger partial charge < -0.3 is 22.3 Å². The molecule has 0 aliphatic rings. The van der Waals surface area contributed by atoms with Crippen molar-refractivity contribution >= 4 is 5.97 Å². The third-order valence-electron chi connectivity index (χ3n) is 1.89. The second kappa shape index (κ2) is 7.69. The van der Waals surface area contributed by atoms with E-state index >= 15 is 0 Å². The molecule has 0 bridgehead atoms. The van der Waals surface area contributed by atoms with Gasteiger partial charge >= 0.3 is 5.97 Å².